The van der Waals surface area contributed by atoms with Gasteiger partial charge in [-0.1, -0.05) is 40.2 Å². The molecule has 0 saturated carbocycles. The van der Waals surface area contributed by atoms with Gasteiger partial charge in [0.15, 0.2) is 5.69 Å². The number of para-hydroxylation sites is 1. The number of hydrogen-bond acceptors (Lipinski definition) is 4. The van der Waals surface area contributed by atoms with Crippen molar-refractivity contribution < 1.29 is 4.79 Å². The number of aryl methyl sites for hydroxylation is 2. The summed E-state index contributed by atoms with van der Waals surface area (Å²) in [6, 6.07) is 19.0. The summed E-state index contributed by atoms with van der Waals surface area (Å²) in [5.74, 6) is 0.227. The van der Waals surface area contributed by atoms with Crippen molar-refractivity contribution in [1.29, 1.82) is 0 Å². The van der Waals surface area contributed by atoms with E-state index >= 15 is 0 Å². The van der Waals surface area contributed by atoms with Crippen LogP contribution in [-0.2, 0) is 0 Å². The van der Waals surface area contributed by atoms with Gasteiger partial charge in [-0.25, -0.2) is 4.68 Å². The second kappa shape index (κ2) is 7.40. The molecule has 0 atom stereocenters. The molecule has 2 heterocycles. The monoisotopic (exact) mass is 436 g/mol. The molecule has 2 aromatic heterocycles. The highest BCUT2D eigenvalue weighted by atomic mass is 79.9. The number of nitrogens with one attached hydrogen (secondary N) is 1. The number of rotatable bonds is 4. The molecule has 0 saturated heterocycles. The number of carbonyl (C=O) groups excluding carboxylic acids is 1. The van der Waals surface area contributed by atoms with E-state index in [4.69, 9.17) is 0 Å². The number of anilines is 1. The number of nitrogens with zero attached hydrogens (tertiary/aromatic N) is 5. The van der Waals surface area contributed by atoms with Crippen molar-refractivity contribution in [2.75, 3.05) is 5.32 Å². The second-order valence-electron chi connectivity index (χ2n) is 6.28. The molecule has 8 heteroatoms. The maximum Gasteiger partial charge on any atom is 0.279 e. The van der Waals surface area contributed by atoms with Gasteiger partial charge < -0.3 is 5.32 Å². The van der Waals surface area contributed by atoms with Crippen molar-refractivity contribution in [2.45, 2.75) is 13.8 Å². The molecule has 0 radical (unpaired) electrons. The van der Waals surface area contributed by atoms with Gasteiger partial charge in [0.1, 0.15) is 5.82 Å². The molecule has 140 valence electrons. The summed E-state index contributed by atoms with van der Waals surface area (Å²) in [5, 5.41) is 16.1. The predicted molar refractivity (Wildman–Crippen MR) is 110 cm³/mol. The van der Waals surface area contributed by atoms with Gasteiger partial charge in [0, 0.05) is 10.5 Å². The zero-order chi connectivity index (χ0) is 19.7. The Morgan fingerprint density at radius 2 is 1.68 bits per heavy atom. The number of carbonyl (C=O) groups is 1. The van der Waals surface area contributed by atoms with E-state index in [2.05, 4.69) is 36.5 Å². The number of benzene rings is 2. The minimum atomic E-state index is -0.337. The summed E-state index contributed by atoms with van der Waals surface area (Å²) in [5.41, 5.74) is 3.23. The van der Waals surface area contributed by atoms with Crippen LogP contribution in [0.4, 0.5) is 5.82 Å². The van der Waals surface area contributed by atoms with Gasteiger partial charge in [0.2, 0.25) is 0 Å². The molecule has 7 nitrogen and oxygen atoms in total. The average molecular weight is 437 g/mol. The molecular weight excluding hydrogens is 420 g/mol. The Labute approximate surface area is 170 Å². The third-order valence-electron chi connectivity index (χ3n) is 4.11. The molecule has 0 unspecified atom stereocenters. The minimum Gasteiger partial charge on any atom is -0.305 e. The molecular formula is C20H17BrN6O. The van der Waals surface area contributed by atoms with Gasteiger partial charge in [-0.15, -0.1) is 5.10 Å². The van der Waals surface area contributed by atoms with E-state index in [0.29, 0.717) is 11.5 Å². The Balaban J connectivity index is 1.64. The van der Waals surface area contributed by atoms with E-state index in [0.717, 1.165) is 21.5 Å². The molecule has 2 aromatic carbocycles. The second-order valence-corrected chi connectivity index (χ2v) is 7.19. The van der Waals surface area contributed by atoms with Crippen LogP contribution in [0, 0.1) is 13.8 Å². The molecule has 0 bridgehead atoms. The highest BCUT2D eigenvalue weighted by Crippen LogP contribution is 2.21. The molecule has 1 N–H and O–H groups in total. The van der Waals surface area contributed by atoms with E-state index in [1.54, 1.807) is 11.6 Å². The first kappa shape index (κ1) is 18.1. The lowest BCUT2D eigenvalue weighted by Gasteiger charge is -2.08. The highest BCUT2D eigenvalue weighted by Gasteiger charge is 2.19. The molecule has 0 aliphatic carbocycles. The van der Waals surface area contributed by atoms with Crippen molar-refractivity contribution in [3.8, 4) is 11.4 Å². The van der Waals surface area contributed by atoms with Gasteiger partial charge in [0.05, 0.1) is 22.8 Å². The average Bonchev–Trinajstić information content (AvgIpc) is 3.25. The topological polar surface area (TPSA) is 77.6 Å². The summed E-state index contributed by atoms with van der Waals surface area (Å²) >= 11 is 3.46. The fourth-order valence-electron chi connectivity index (χ4n) is 2.83. The van der Waals surface area contributed by atoms with Gasteiger partial charge in [-0.2, -0.15) is 15.0 Å². The minimum absolute atomic E-state index is 0.267. The van der Waals surface area contributed by atoms with E-state index < -0.39 is 0 Å². The van der Waals surface area contributed by atoms with E-state index in [9.17, 15) is 4.79 Å². The predicted octanol–water partition coefficient (Wildman–Crippen LogP) is 4.08. The van der Waals surface area contributed by atoms with E-state index in [-0.39, 0.29) is 11.6 Å². The van der Waals surface area contributed by atoms with Crippen LogP contribution in [0.3, 0.4) is 0 Å². The fraction of sp³-hybridized carbons (Fsp3) is 0.100. The number of halogens is 1. The Morgan fingerprint density at radius 1 is 0.929 bits per heavy atom. The first-order chi connectivity index (χ1) is 13.5. The fourth-order valence-corrected chi connectivity index (χ4v) is 3.22. The van der Waals surface area contributed by atoms with Gasteiger partial charge >= 0.3 is 0 Å². The maximum atomic E-state index is 12.9. The van der Waals surface area contributed by atoms with Crippen molar-refractivity contribution in [2.24, 2.45) is 0 Å². The lowest BCUT2D eigenvalue weighted by molar-refractivity contribution is 0.102. The Kier molecular flexibility index (Phi) is 4.79. The van der Waals surface area contributed by atoms with Crippen LogP contribution in [0.2, 0.25) is 0 Å². The quantitative estimate of drug-likeness (QED) is 0.522. The lowest BCUT2D eigenvalue weighted by atomic mass is 10.3. The largest absolute Gasteiger partial charge is 0.305 e. The zero-order valence-electron chi connectivity index (χ0n) is 15.3. The van der Waals surface area contributed by atoms with Crippen molar-refractivity contribution in [3.05, 3.63) is 82.2 Å². The first-order valence-corrected chi connectivity index (χ1v) is 9.44. The smallest absolute Gasteiger partial charge is 0.279 e. The number of hydrogen-bond donors (Lipinski definition) is 1. The summed E-state index contributed by atoms with van der Waals surface area (Å²) in [4.78, 5) is 14.3. The third-order valence-corrected chi connectivity index (χ3v) is 4.60. The molecule has 0 aliphatic heterocycles. The van der Waals surface area contributed by atoms with E-state index in [1.807, 2.05) is 67.6 Å². The van der Waals surface area contributed by atoms with Crippen LogP contribution < -0.4 is 5.32 Å². The molecule has 0 aliphatic rings. The maximum absolute atomic E-state index is 12.9. The van der Waals surface area contributed by atoms with Crippen LogP contribution in [0.1, 0.15) is 21.9 Å². The molecule has 0 spiro atoms. The van der Waals surface area contributed by atoms with Crippen molar-refractivity contribution in [3.63, 3.8) is 0 Å². The van der Waals surface area contributed by atoms with Crippen LogP contribution in [0.15, 0.2) is 65.1 Å². The Morgan fingerprint density at radius 3 is 2.43 bits per heavy atom. The number of aromatic nitrogens is 5. The lowest BCUT2D eigenvalue weighted by Crippen LogP contribution is -2.17. The standard InChI is InChI=1S/C20H17BrN6O/c1-13-11-18(26(23-13)17-10-6-7-15(21)12-17)22-20(28)19-14(2)24-27(25-19)16-8-4-3-5-9-16/h3-12H,1-2H3,(H,22,28). The molecule has 0 fully saturated rings. The molecule has 4 rings (SSSR count). The van der Waals surface area contributed by atoms with Crippen LogP contribution in [0.25, 0.3) is 11.4 Å². The summed E-state index contributed by atoms with van der Waals surface area (Å²) < 4.78 is 2.62. The highest BCUT2D eigenvalue weighted by molar-refractivity contribution is 9.10. The molecule has 28 heavy (non-hydrogen) atoms. The normalized spacial score (nSPS) is 10.8. The molecule has 4 aromatic rings. The van der Waals surface area contributed by atoms with Crippen LogP contribution in [0.5, 0.6) is 0 Å². The van der Waals surface area contributed by atoms with Gasteiger partial charge in [-0.3, -0.25) is 4.79 Å². The van der Waals surface area contributed by atoms with E-state index in [1.165, 1.54) is 4.80 Å². The zero-order valence-corrected chi connectivity index (χ0v) is 16.9. The van der Waals surface area contributed by atoms with Gasteiger partial charge in [-0.05, 0) is 44.2 Å². The van der Waals surface area contributed by atoms with Crippen molar-refractivity contribution >= 4 is 27.7 Å². The van der Waals surface area contributed by atoms with Crippen LogP contribution in [-0.4, -0.2) is 30.7 Å². The van der Waals surface area contributed by atoms with Gasteiger partial charge in [0.25, 0.3) is 5.91 Å². The Bertz CT molecular complexity index is 1150. The summed E-state index contributed by atoms with van der Waals surface area (Å²) in [6.07, 6.45) is 0. The summed E-state index contributed by atoms with van der Waals surface area (Å²) in [6.45, 7) is 3.64. The third kappa shape index (κ3) is 3.59. The first-order valence-electron chi connectivity index (χ1n) is 8.64. The van der Waals surface area contributed by atoms with Crippen molar-refractivity contribution in [1.82, 2.24) is 24.8 Å². The van der Waals surface area contributed by atoms with Crippen LogP contribution >= 0.6 is 15.9 Å². The molecule has 1 amide bonds. The summed E-state index contributed by atoms with van der Waals surface area (Å²) in [7, 11) is 0. The Hall–Kier alpha value is -3.26. The SMILES string of the molecule is Cc1cc(NC(=O)c2nn(-c3ccccc3)nc2C)n(-c2cccc(Br)c2)n1. The number of amides is 1.